The quantitative estimate of drug-likeness (QED) is 0.494. The predicted molar refractivity (Wildman–Crippen MR) is 70.7 cm³/mol. The van der Waals surface area contributed by atoms with Gasteiger partial charge in [0.2, 0.25) is 0 Å². The third kappa shape index (κ3) is 2.88. The molecular weight excluding hydrogens is 228 g/mol. The van der Waals surface area contributed by atoms with Crippen molar-refractivity contribution in [2.75, 3.05) is 6.61 Å². The second kappa shape index (κ2) is 5.86. The Labute approximate surface area is 106 Å². The number of hydrogen-bond donors (Lipinski definition) is 1. The molecule has 0 spiro atoms. The summed E-state index contributed by atoms with van der Waals surface area (Å²) in [6, 6.07) is 7.75. The number of aromatic nitrogens is 2. The SMILES string of the molecule is CCOc1ccc(C=NN)cc1Cn1cccn1. The highest BCUT2D eigenvalue weighted by atomic mass is 16.5. The summed E-state index contributed by atoms with van der Waals surface area (Å²) in [7, 11) is 0. The van der Waals surface area contributed by atoms with E-state index in [-0.39, 0.29) is 0 Å². The predicted octanol–water partition coefficient (Wildman–Crippen LogP) is 1.62. The van der Waals surface area contributed by atoms with Crippen LogP contribution in [0.3, 0.4) is 0 Å². The maximum absolute atomic E-state index is 5.60. The van der Waals surface area contributed by atoms with Crippen molar-refractivity contribution in [3.63, 3.8) is 0 Å². The summed E-state index contributed by atoms with van der Waals surface area (Å²) >= 11 is 0. The molecule has 0 saturated carbocycles. The second-order valence-electron chi connectivity index (χ2n) is 3.78. The minimum absolute atomic E-state index is 0.635. The number of hydrogen-bond acceptors (Lipinski definition) is 4. The van der Waals surface area contributed by atoms with E-state index in [1.807, 2.05) is 42.1 Å². The number of benzene rings is 1. The summed E-state index contributed by atoms with van der Waals surface area (Å²) in [5.74, 6) is 6.03. The monoisotopic (exact) mass is 244 g/mol. The third-order valence-corrected chi connectivity index (χ3v) is 2.50. The number of nitrogens with zero attached hydrogens (tertiary/aromatic N) is 3. The van der Waals surface area contributed by atoms with Gasteiger partial charge in [-0.3, -0.25) is 4.68 Å². The molecule has 0 bridgehead atoms. The molecule has 0 atom stereocenters. The fourth-order valence-corrected chi connectivity index (χ4v) is 1.75. The average molecular weight is 244 g/mol. The molecule has 5 heteroatoms. The van der Waals surface area contributed by atoms with E-state index in [0.29, 0.717) is 13.2 Å². The topological polar surface area (TPSA) is 65.4 Å². The Bertz CT molecular complexity index is 520. The number of nitrogens with two attached hydrogens (primary N) is 1. The first-order chi connectivity index (χ1) is 8.83. The van der Waals surface area contributed by atoms with Crippen molar-refractivity contribution in [2.24, 2.45) is 10.9 Å². The Morgan fingerprint density at radius 2 is 2.39 bits per heavy atom. The van der Waals surface area contributed by atoms with Crippen LogP contribution in [0.5, 0.6) is 5.75 Å². The lowest BCUT2D eigenvalue weighted by Crippen LogP contribution is -2.04. The molecule has 0 aliphatic rings. The minimum Gasteiger partial charge on any atom is -0.494 e. The van der Waals surface area contributed by atoms with E-state index in [1.54, 1.807) is 12.4 Å². The fraction of sp³-hybridized carbons (Fsp3) is 0.231. The number of rotatable bonds is 5. The summed E-state index contributed by atoms with van der Waals surface area (Å²) in [5, 5.41) is 7.72. The molecule has 0 unspecified atom stereocenters. The lowest BCUT2D eigenvalue weighted by molar-refractivity contribution is 0.335. The minimum atomic E-state index is 0.635. The van der Waals surface area contributed by atoms with Gasteiger partial charge in [0.1, 0.15) is 5.75 Å². The lowest BCUT2D eigenvalue weighted by atomic mass is 10.1. The molecule has 0 radical (unpaired) electrons. The van der Waals surface area contributed by atoms with Crippen LogP contribution in [-0.4, -0.2) is 22.6 Å². The smallest absolute Gasteiger partial charge is 0.124 e. The Morgan fingerprint density at radius 3 is 3.06 bits per heavy atom. The van der Waals surface area contributed by atoms with Gasteiger partial charge in [0.15, 0.2) is 0 Å². The highest BCUT2D eigenvalue weighted by Crippen LogP contribution is 2.20. The molecule has 1 aromatic carbocycles. The van der Waals surface area contributed by atoms with Gasteiger partial charge >= 0.3 is 0 Å². The van der Waals surface area contributed by atoms with Gasteiger partial charge in [-0.15, -0.1) is 0 Å². The van der Waals surface area contributed by atoms with E-state index in [0.717, 1.165) is 16.9 Å². The van der Waals surface area contributed by atoms with Crippen molar-refractivity contribution < 1.29 is 4.74 Å². The fourth-order valence-electron chi connectivity index (χ4n) is 1.75. The van der Waals surface area contributed by atoms with Crippen LogP contribution in [0.2, 0.25) is 0 Å². The van der Waals surface area contributed by atoms with Crippen LogP contribution in [0.15, 0.2) is 41.8 Å². The zero-order chi connectivity index (χ0) is 12.8. The van der Waals surface area contributed by atoms with Gasteiger partial charge in [0, 0.05) is 18.0 Å². The molecule has 0 amide bonds. The molecule has 0 saturated heterocycles. The van der Waals surface area contributed by atoms with Crippen LogP contribution in [-0.2, 0) is 6.54 Å². The lowest BCUT2D eigenvalue weighted by Gasteiger charge is -2.11. The van der Waals surface area contributed by atoms with Crippen LogP contribution >= 0.6 is 0 Å². The number of hydrazone groups is 1. The highest BCUT2D eigenvalue weighted by molar-refractivity contribution is 5.80. The Balaban J connectivity index is 2.30. The molecule has 2 aromatic rings. The standard InChI is InChI=1S/C13H16N4O/c1-2-18-13-5-4-11(9-15-14)8-12(13)10-17-7-3-6-16-17/h3-9H,2,10,14H2,1H3. The van der Waals surface area contributed by atoms with Crippen molar-refractivity contribution in [1.82, 2.24) is 9.78 Å². The van der Waals surface area contributed by atoms with Gasteiger partial charge in [-0.2, -0.15) is 10.2 Å². The van der Waals surface area contributed by atoms with Gasteiger partial charge in [0.05, 0.1) is 19.4 Å². The molecule has 0 aliphatic heterocycles. The van der Waals surface area contributed by atoms with Gasteiger partial charge < -0.3 is 10.6 Å². The van der Waals surface area contributed by atoms with Crippen molar-refractivity contribution in [3.05, 3.63) is 47.8 Å². The molecule has 2 N–H and O–H groups in total. The third-order valence-electron chi connectivity index (χ3n) is 2.50. The normalized spacial score (nSPS) is 10.9. The van der Waals surface area contributed by atoms with Crippen molar-refractivity contribution >= 4 is 6.21 Å². The second-order valence-corrected chi connectivity index (χ2v) is 3.78. The summed E-state index contributed by atoms with van der Waals surface area (Å²) in [6.45, 7) is 3.26. The van der Waals surface area contributed by atoms with Gasteiger partial charge in [-0.1, -0.05) is 0 Å². The van der Waals surface area contributed by atoms with Crippen molar-refractivity contribution in [1.29, 1.82) is 0 Å². The Hall–Kier alpha value is -2.30. The molecule has 1 aromatic heterocycles. The van der Waals surface area contributed by atoms with Crippen LogP contribution < -0.4 is 10.6 Å². The summed E-state index contributed by atoms with van der Waals surface area (Å²) in [5.41, 5.74) is 2.00. The highest BCUT2D eigenvalue weighted by Gasteiger charge is 2.05. The molecule has 0 fully saturated rings. The zero-order valence-electron chi connectivity index (χ0n) is 10.3. The van der Waals surface area contributed by atoms with E-state index in [9.17, 15) is 0 Å². The largest absolute Gasteiger partial charge is 0.494 e. The van der Waals surface area contributed by atoms with Crippen LogP contribution in [0.1, 0.15) is 18.1 Å². The van der Waals surface area contributed by atoms with Gasteiger partial charge in [0.25, 0.3) is 0 Å². The van der Waals surface area contributed by atoms with E-state index < -0.39 is 0 Å². The molecule has 5 nitrogen and oxygen atoms in total. The molecule has 1 heterocycles. The van der Waals surface area contributed by atoms with Crippen molar-refractivity contribution in [3.8, 4) is 5.75 Å². The molecule has 2 rings (SSSR count). The summed E-state index contributed by atoms with van der Waals surface area (Å²) < 4.78 is 7.45. The van der Waals surface area contributed by atoms with E-state index in [1.165, 1.54) is 0 Å². The summed E-state index contributed by atoms with van der Waals surface area (Å²) in [6.07, 6.45) is 5.28. The van der Waals surface area contributed by atoms with E-state index >= 15 is 0 Å². The van der Waals surface area contributed by atoms with E-state index in [2.05, 4.69) is 10.2 Å². The molecular formula is C13H16N4O. The maximum Gasteiger partial charge on any atom is 0.124 e. The van der Waals surface area contributed by atoms with Crippen LogP contribution in [0.25, 0.3) is 0 Å². The molecule has 18 heavy (non-hydrogen) atoms. The average Bonchev–Trinajstić information content (AvgIpc) is 2.86. The van der Waals surface area contributed by atoms with Crippen LogP contribution in [0.4, 0.5) is 0 Å². The maximum atomic E-state index is 5.60. The Morgan fingerprint density at radius 1 is 1.50 bits per heavy atom. The van der Waals surface area contributed by atoms with E-state index in [4.69, 9.17) is 10.6 Å². The van der Waals surface area contributed by atoms with Crippen LogP contribution in [0, 0.1) is 0 Å². The number of ether oxygens (including phenoxy) is 1. The van der Waals surface area contributed by atoms with Gasteiger partial charge in [-0.05, 0) is 36.8 Å². The van der Waals surface area contributed by atoms with Gasteiger partial charge in [-0.25, -0.2) is 0 Å². The molecule has 94 valence electrons. The molecule has 0 aliphatic carbocycles. The zero-order valence-corrected chi connectivity index (χ0v) is 10.3. The van der Waals surface area contributed by atoms with Crippen molar-refractivity contribution in [2.45, 2.75) is 13.5 Å². The first kappa shape index (κ1) is 12.2. The first-order valence-corrected chi connectivity index (χ1v) is 5.80. The Kier molecular flexibility index (Phi) is 3.96. The summed E-state index contributed by atoms with van der Waals surface area (Å²) in [4.78, 5) is 0. The first-order valence-electron chi connectivity index (χ1n) is 5.80.